The normalized spacial score (nSPS) is 18.3. The smallest absolute Gasteiger partial charge is 0.227 e. The molecular weight excluding hydrogens is 322 g/mol. The van der Waals surface area contributed by atoms with Gasteiger partial charge in [0.15, 0.2) is 0 Å². The summed E-state index contributed by atoms with van der Waals surface area (Å²) >= 11 is 1.62. The summed E-state index contributed by atoms with van der Waals surface area (Å²) in [6, 6.07) is 2.00. The summed E-state index contributed by atoms with van der Waals surface area (Å²) < 4.78 is 5.42. The van der Waals surface area contributed by atoms with E-state index in [9.17, 15) is 4.79 Å². The van der Waals surface area contributed by atoms with Crippen molar-refractivity contribution in [3.8, 4) is 11.4 Å². The third kappa shape index (κ3) is 3.86. The average molecular weight is 347 g/mol. The predicted octanol–water partition coefficient (Wildman–Crippen LogP) is 4.02. The molecule has 0 aromatic carbocycles. The van der Waals surface area contributed by atoms with E-state index in [4.69, 9.17) is 4.52 Å². The first-order valence-electron chi connectivity index (χ1n) is 8.85. The summed E-state index contributed by atoms with van der Waals surface area (Å²) in [5.41, 5.74) is 1.00. The Morgan fingerprint density at radius 1 is 1.46 bits per heavy atom. The van der Waals surface area contributed by atoms with E-state index in [1.54, 1.807) is 11.3 Å². The Morgan fingerprint density at radius 3 is 3.00 bits per heavy atom. The predicted molar refractivity (Wildman–Crippen MR) is 94.7 cm³/mol. The number of nitrogens with zero attached hydrogens (tertiary/aromatic N) is 3. The third-order valence-electron chi connectivity index (χ3n) is 4.88. The van der Waals surface area contributed by atoms with Crippen LogP contribution in [-0.4, -0.2) is 34.0 Å². The molecule has 0 saturated carbocycles. The highest BCUT2D eigenvalue weighted by Gasteiger charge is 2.28. The number of carbonyl (C=O) groups excluding carboxylic acids is 1. The quantitative estimate of drug-likeness (QED) is 0.792. The van der Waals surface area contributed by atoms with E-state index in [0.29, 0.717) is 23.5 Å². The van der Waals surface area contributed by atoms with Gasteiger partial charge in [-0.25, -0.2) is 0 Å². The van der Waals surface area contributed by atoms with E-state index in [1.807, 2.05) is 21.7 Å². The summed E-state index contributed by atoms with van der Waals surface area (Å²) in [6.45, 7) is 5.89. The maximum absolute atomic E-state index is 12.6. The molecule has 2 aromatic rings. The van der Waals surface area contributed by atoms with E-state index in [-0.39, 0.29) is 5.92 Å². The van der Waals surface area contributed by atoms with Gasteiger partial charge in [0, 0.05) is 36.4 Å². The molecule has 130 valence electrons. The number of piperidine rings is 1. The fourth-order valence-electron chi connectivity index (χ4n) is 3.42. The fourth-order valence-corrected chi connectivity index (χ4v) is 4.06. The van der Waals surface area contributed by atoms with Gasteiger partial charge in [0.05, 0.1) is 0 Å². The first-order chi connectivity index (χ1) is 11.7. The van der Waals surface area contributed by atoms with Crippen LogP contribution in [0.1, 0.15) is 45.4 Å². The van der Waals surface area contributed by atoms with Crippen molar-refractivity contribution in [3.63, 3.8) is 0 Å². The van der Waals surface area contributed by atoms with Crippen LogP contribution in [0.4, 0.5) is 0 Å². The van der Waals surface area contributed by atoms with Gasteiger partial charge in [-0.15, -0.1) is 0 Å². The molecule has 24 heavy (non-hydrogen) atoms. The Kier molecular flexibility index (Phi) is 5.66. The van der Waals surface area contributed by atoms with Crippen LogP contribution in [0.15, 0.2) is 21.3 Å². The Balaban J connectivity index is 1.60. The summed E-state index contributed by atoms with van der Waals surface area (Å²) in [5.74, 6) is 2.23. The molecule has 1 unspecified atom stereocenters. The van der Waals surface area contributed by atoms with Crippen LogP contribution in [0.5, 0.6) is 0 Å². The molecule has 6 heteroatoms. The number of aromatic nitrogens is 2. The van der Waals surface area contributed by atoms with Crippen molar-refractivity contribution < 1.29 is 9.32 Å². The second-order valence-corrected chi connectivity index (χ2v) is 7.31. The van der Waals surface area contributed by atoms with Gasteiger partial charge in [-0.05, 0) is 43.0 Å². The zero-order valence-electron chi connectivity index (χ0n) is 14.4. The Hall–Kier alpha value is -1.69. The van der Waals surface area contributed by atoms with Crippen molar-refractivity contribution in [1.29, 1.82) is 0 Å². The van der Waals surface area contributed by atoms with Crippen LogP contribution in [0, 0.1) is 11.8 Å². The molecule has 0 N–H and O–H groups in total. The van der Waals surface area contributed by atoms with E-state index < -0.39 is 0 Å². The molecule has 0 spiro atoms. The van der Waals surface area contributed by atoms with Crippen LogP contribution >= 0.6 is 11.3 Å². The molecule has 1 aliphatic heterocycles. The molecule has 5 nitrogen and oxygen atoms in total. The van der Waals surface area contributed by atoms with Gasteiger partial charge >= 0.3 is 0 Å². The maximum Gasteiger partial charge on any atom is 0.227 e. The number of likely N-dealkylation sites (tertiary alicyclic amines) is 1. The van der Waals surface area contributed by atoms with Gasteiger partial charge in [-0.1, -0.05) is 19.0 Å². The van der Waals surface area contributed by atoms with Gasteiger partial charge in [0.25, 0.3) is 0 Å². The number of thiophene rings is 1. The molecule has 3 heterocycles. The molecule has 0 radical (unpaired) electrons. The van der Waals surface area contributed by atoms with E-state index in [1.165, 1.54) is 0 Å². The van der Waals surface area contributed by atoms with Gasteiger partial charge < -0.3 is 9.42 Å². The lowest BCUT2D eigenvalue weighted by atomic mass is 9.92. The highest BCUT2D eigenvalue weighted by Crippen LogP contribution is 2.25. The minimum atomic E-state index is 0.164. The zero-order chi connectivity index (χ0) is 16.9. The second kappa shape index (κ2) is 7.92. The van der Waals surface area contributed by atoms with Crippen molar-refractivity contribution >= 4 is 17.2 Å². The Morgan fingerprint density at radius 2 is 2.29 bits per heavy atom. The van der Waals surface area contributed by atoms with Crippen LogP contribution < -0.4 is 0 Å². The lowest BCUT2D eigenvalue weighted by Gasteiger charge is -2.34. The van der Waals surface area contributed by atoms with Gasteiger partial charge in [-0.3, -0.25) is 4.79 Å². The molecule has 2 aromatic heterocycles. The van der Waals surface area contributed by atoms with E-state index in [0.717, 1.165) is 50.8 Å². The summed E-state index contributed by atoms with van der Waals surface area (Å²) in [6.07, 6.45) is 4.77. The number of amides is 1. The van der Waals surface area contributed by atoms with Crippen molar-refractivity contribution in [2.75, 3.05) is 13.1 Å². The number of carbonyl (C=O) groups is 1. The monoisotopic (exact) mass is 347 g/mol. The van der Waals surface area contributed by atoms with Crippen molar-refractivity contribution in [3.05, 3.63) is 22.7 Å². The highest BCUT2D eigenvalue weighted by molar-refractivity contribution is 7.08. The molecule has 0 bridgehead atoms. The number of hydrogen-bond donors (Lipinski definition) is 0. The maximum atomic E-state index is 12.6. The van der Waals surface area contributed by atoms with E-state index in [2.05, 4.69) is 24.0 Å². The number of hydrogen-bond acceptors (Lipinski definition) is 5. The summed E-state index contributed by atoms with van der Waals surface area (Å²) in [5, 5.41) is 8.10. The summed E-state index contributed by atoms with van der Waals surface area (Å²) in [7, 11) is 0. The molecule has 1 amide bonds. The molecule has 1 aliphatic rings. The Labute approximate surface area is 147 Å². The summed E-state index contributed by atoms with van der Waals surface area (Å²) in [4.78, 5) is 19.1. The first-order valence-corrected chi connectivity index (χ1v) is 9.79. The minimum Gasteiger partial charge on any atom is -0.342 e. The average Bonchev–Trinajstić information content (AvgIpc) is 3.27. The first kappa shape index (κ1) is 17.1. The SMILES string of the molecule is CCC(CC)C(=O)N1CCCC(Cc2nc(-c3ccsc3)no2)C1. The standard InChI is InChI=1S/C18H25N3O2S/c1-3-14(4-2)18(22)21-8-5-6-13(11-21)10-16-19-17(20-23-16)15-7-9-24-12-15/h7,9,12-14H,3-6,8,10-11H2,1-2H3. The van der Waals surface area contributed by atoms with Crippen LogP contribution in [0.2, 0.25) is 0 Å². The highest BCUT2D eigenvalue weighted by atomic mass is 32.1. The van der Waals surface area contributed by atoms with Gasteiger partial charge in [0.2, 0.25) is 17.6 Å². The molecule has 1 saturated heterocycles. The van der Waals surface area contributed by atoms with Crippen molar-refractivity contribution in [2.24, 2.45) is 11.8 Å². The van der Waals surface area contributed by atoms with Crippen molar-refractivity contribution in [1.82, 2.24) is 15.0 Å². The largest absolute Gasteiger partial charge is 0.342 e. The zero-order valence-corrected chi connectivity index (χ0v) is 15.2. The Bertz CT molecular complexity index is 649. The molecule has 3 rings (SSSR count). The van der Waals surface area contributed by atoms with Crippen LogP contribution in [0.25, 0.3) is 11.4 Å². The topological polar surface area (TPSA) is 59.2 Å². The lowest BCUT2D eigenvalue weighted by Crippen LogP contribution is -2.43. The van der Waals surface area contributed by atoms with Crippen molar-refractivity contribution in [2.45, 2.75) is 46.0 Å². The van der Waals surface area contributed by atoms with Crippen LogP contribution in [0.3, 0.4) is 0 Å². The van der Waals surface area contributed by atoms with Gasteiger partial charge in [-0.2, -0.15) is 16.3 Å². The molecule has 1 atom stereocenters. The lowest BCUT2D eigenvalue weighted by molar-refractivity contribution is -0.137. The number of rotatable bonds is 6. The second-order valence-electron chi connectivity index (χ2n) is 6.53. The fraction of sp³-hybridized carbons (Fsp3) is 0.611. The molecule has 1 fully saturated rings. The van der Waals surface area contributed by atoms with E-state index >= 15 is 0 Å². The third-order valence-corrected chi connectivity index (χ3v) is 5.56. The molecule has 0 aliphatic carbocycles. The minimum absolute atomic E-state index is 0.164. The molecular formula is C18H25N3O2S. The van der Waals surface area contributed by atoms with Crippen LogP contribution in [-0.2, 0) is 11.2 Å². The van der Waals surface area contributed by atoms with Gasteiger partial charge in [0.1, 0.15) is 0 Å².